The van der Waals surface area contributed by atoms with Crippen LogP contribution >= 0.6 is 0 Å². The number of pyridine rings is 1. The van der Waals surface area contributed by atoms with Crippen molar-refractivity contribution >= 4 is 17.4 Å². The molecule has 3 heterocycles. The predicted molar refractivity (Wildman–Crippen MR) is 135 cm³/mol. The number of likely N-dealkylation sites (tertiary alicyclic amines) is 1. The normalized spacial score (nSPS) is 20.6. The number of hydrogen-bond donors (Lipinski definition) is 1. The van der Waals surface area contributed by atoms with Crippen molar-refractivity contribution in [2.45, 2.75) is 25.8 Å². The van der Waals surface area contributed by atoms with Gasteiger partial charge >= 0.3 is 0 Å². The predicted octanol–water partition coefficient (Wildman–Crippen LogP) is 2.96. The van der Waals surface area contributed by atoms with Gasteiger partial charge in [-0.05, 0) is 56.5 Å². The first-order valence-corrected chi connectivity index (χ1v) is 12.2. The topological polar surface area (TPSA) is 70.2 Å². The van der Waals surface area contributed by atoms with E-state index in [-0.39, 0.29) is 11.9 Å². The second kappa shape index (κ2) is 11.5. The van der Waals surface area contributed by atoms with Crippen molar-refractivity contribution in [1.29, 1.82) is 0 Å². The van der Waals surface area contributed by atoms with Gasteiger partial charge in [-0.25, -0.2) is 4.98 Å². The molecule has 4 rings (SSSR count). The van der Waals surface area contributed by atoms with Crippen molar-refractivity contribution in [3.05, 3.63) is 42.6 Å². The molecule has 2 aliphatic heterocycles. The maximum absolute atomic E-state index is 13.1. The summed E-state index contributed by atoms with van der Waals surface area (Å²) in [5.41, 5.74) is 0.637. The number of aromatic nitrogens is 1. The summed E-state index contributed by atoms with van der Waals surface area (Å²) in [6.07, 6.45) is 4.20. The maximum Gasteiger partial charge on any atom is 0.241 e. The standard InChI is InChI=1S/C26H37N5O3/c1-20(26(32)28-23-17-22(33-2)9-10-24(23)34-3)31-12-6-7-21(19-31)18-29-13-15-30(16-14-29)25-8-4-5-11-27-25/h4-5,8-11,17,20-21H,6-7,12-16,18-19H2,1-3H3,(H,28,32). The molecule has 8 nitrogen and oxygen atoms in total. The van der Waals surface area contributed by atoms with E-state index < -0.39 is 0 Å². The van der Waals surface area contributed by atoms with Crippen LogP contribution in [0.15, 0.2) is 42.6 Å². The van der Waals surface area contributed by atoms with E-state index in [0.717, 1.165) is 58.1 Å². The minimum Gasteiger partial charge on any atom is -0.497 e. The number of piperidine rings is 1. The van der Waals surface area contributed by atoms with E-state index in [4.69, 9.17) is 9.47 Å². The van der Waals surface area contributed by atoms with Gasteiger partial charge in [0, 0.05) is 51.5 Å². The molecule has 1 amide bonds. The average Bonchev–Trinajstić information content (AvgIpc) is 2.89. The summed E-state index contributed by atoms with van der Waals surface area (Å²) in [5, 5.41) is 3.04. The number of hydrogen-bond acceptors (Lipinski definition) is 7. The number of amides is 1. The lowest BCUT2D eigenvalue weighted by atomic mass is 9.95. The molecule has 1 aromatic carbocycles. The summed E-state index contributed by atoms with van der Waals surface area (Å²) in [4.78, 5) is 24.8. The fraction of sp³-hybridized carbons (Fsp3) is 0.538. The molecule has 0 bridgehead atoms. The third-order valence-electron chi connectivity index (χ3n) is 7.00. The highest BCUT2D eigenvalue weighted by Crippen LogP contribution is 2.29. The fourth-order valence-electron chi connectivity index (χ4n) is 4.98. The van der Waals surface area contributed by atoms with Crippen molar-refractivity contribution in [2.75, 3.05) is 70.2 Å². The molecule has 2 atom stereocenters. The van der Waals surface area contributed by atoms with Crippen LogP contribution in [0.1, 0.15) is 19.8 Å². The molecular weight excluding hydrogens is 430 g/mol. The van der Waals surface area contributed by atoms with Gasteiger partial charge in [0.05, 0.1) is 25.9 Å². The Labute approximate surface area is 202 Å². The summed E-state index contributed by atoms with van der Waals surface area (Å²) >= 11 is 0. The van der Waals surface area contributed by atoms with E-state index in [2.05, 4.69) is 31.1 Å². The summed E-state index contributed by atoms with van der Waals surface area (Å²) < 4.78 is 10.7. The first-order valence-electron chi connectivity index (χ1n) is 12.2. The third kappa shape index (κ3) is 5.98. The van der Waals surface area contributed by atoms with Gasteiger partial charge in [-0.2, -0.15) is 0 Å². The molecule has 1 aromatic heterocycles. The van der Waals surface area contributed by atoms with Crippen LogP contribution in [0.5, 0.6) is 11.5 Å². The highest BCUT2D eigenvalue weighted by atomic mass is 16.5. The van der Waals surface area contributed by atoms with Crippen molar-refractivity contribution in [2.24, 2.45) is 5.92 Å². The molecule has 184 valence electrons. The molecule has 2 unspecified atom stereocenters. The van der Waals surface area contributed by atoms with Crippen molar-refractivity contribution < 1.29 is 14.3 Å². The van der Waals surface area contributed by atoms with Crippen molar-refractivity contribution in [3.8, 4) is 11.5 Å². The number of methoxy groups -OCH3 is 2. The second-order valence-electron chi connectivity index (χ2n) is 9.21. The molecule has 2 aromatic rings. The number of anilines is 2. The highest BCUT2D eigenvalue weighted by molar-refractivity contribution is 5.96. The molecule has 0 spiro atoms. The first-order chi connectivity index (χ1) is 16.6. The van der Waals surface area contributed by atoms with Crippen LogP contribution < -0.4 is 19.7 Å². The van der Waals surface area contributed by atoms with E-state index in [1.807, 2.05) is 37.4 Å². The molecule has 2 saturated heterocycles. The lowest BCUT2D eigenvalue weighted by Gasteiger charge is -2.40. The monoisotopic (exact) mass is 467 g/mol. The van der Waals surface area contributed by atoms with Crippen LogP contribution in [0, 0.1) is 5.92 Å². The Bertz CT molecular complexity index is 933. The molecule has 1 N–H and O–H groups in total. The van der Waals surface area contributed by atoms with E-state index in [0.29, 0.717) is 23.1 Å². The van der Waals surface area contributed by atoms with Crippen LogP contribution in [0.4, 0.5) is 11.5 Å². The summed E-state index contributed by atoms with van der Waals surface area (Å²) in [5.74, 6) is 2.94. The molecule has 0 aliphatic carbocycles. The van der Waals surface area contributed by atoms with E-state index in [1.54, 1.807) is 20.3 Å². The Balaban J connectivity index is 1.28. The van der Waals surface area contributed by atoms with Gasteiger partial charge < -0.3 is 19.7 Å². The fourth-order valence-corrected chi connectivity index (χ4v) is 4.98. The smallest absolute Gasteiger partial charge is 0.241 e. The van der Waals surface area contributed by atoms with Gasteiger partial charge in [-0.15, -0.1) is 0 Å². The van der Waals surface area contributed by atoms with E-state index in [1.165, 1.54) is 6.42 Å². The lowest BCUT2D eigenvalue weighted by Crippen LogP contribution is -2.52. The van der Waals surface area contributed by atoms with Gasteiger partial charge in [0.25, 0.3) is 0 Å². The summed E-state index contributed by atoms with van der Waals surface area (Å²) in [7, 11) is 3.22. The molecule has 2 fully saturated rings. The third-order valence-corrected chi connectivity index (χ3v) is 7.00. The molecule has 0 radical (unpaired) electrons. The zero-order valence-electron chi connectivity index (χ0n) is 20.6. The number of ether oxygens (including phenoxy) is 2. The number of piperazine rings is 1. The van der Waals surface area contributed by atoms with Gasteiger partial charge in [0.15, 0.2) is 0 Å². The number of carbonyl (C=O) groups excluding carboxylic acids is 1. The minimum absolute atomic E-state index is 0.0174. The van der Waals surface area contributed by atoms with Crippen LogP contribution in [-0.2, 0) is 4.79 Å². The van der Waals surface area contributed by atoms with Crippen LogP contribution in [-0.4, -0.2) is 86.8 Å². The van der Waals surface area contributed by atoms with Gasteiger partial charge in [-0.1, -0.05) is 6.07 Å². The van der Waals surface area contributed by atoms with E-state index in [9.17, 15) is 4.79 Å². The number of benzene rings is 1. The Kier molecular flexibility index (Phi) is 8.24. The number of nitrogens with one attached hydrogen (secondary N) is 1. The zero-order valence-corrected chi connectivity index (χ0v) is 20.6. The highest BCUT2D eigenvalue weighted by Gasteiger charge is 2.29. The number of carbonyl (C=O) groups is 1. The van der Waals surface area contributed by atoms with E-state index >= 15 is 0 Å². The Hall–Kier alpha value is -2.84. The average molecular weight is 468 g/mol. The minimum atomic E-state index is -0.209. The zero-order chi connectivity index (χ0) is 23.9. The lowest BCUT2D eigenvalue weighted by molar-refractivity contribution is -0.121. The second-order valence-corrected chi connectivity index (χ2v) is 9.21. The molecular formula is C26H37N5O3. The Morgan fingerprint density at radius 2 is 1.94 bits per heavy atom. The Morgan fingerprint density at radius 1 is 1.12 bits per heavy atom. The molecule has 2 aliphatic rings. The summed E-state index contributed by atoms with van der Waals surface area (Å²) in [6, 6.07) is 11.3. The SMILES string of the molecule is COc1ccc(OC)c(NC(=O)C(C)N2CCCC(CN3CCN(c4ccccn4)CC3)C2)c1. The molecule has 34 heavy (non-hydrogen) atoms. The summed E-state index contributed by atoms with van der Waals surface area (Å²) in [6.45, 7) is 9.11. The Morgan fingerprint density at radius 3 is 2.65 bits per heavy atom. The van der Waals surface area contributed by atoms with Crippen LogP contribution in [0.25, 0.3) is 0 Å². The van der Waals surface area contributed by atoms with Gasteiger partial charge in [0.2, 0.25) is 5.91 Å². The van der Waals surface area contributed by atoms with Crippen molar-refractivity contribution in [1.82, 2.24) is 14.8 Å². The quantitative estimate of drug-likeness (QED) is 0.640. The maximum atomic E-state index is 13.1. The van der Waals surface area contributed by atoms with Gasteiger partial charge in [-0.3, -0.25) is 14.6 Å². The van der Waals surface area contributed by atoms with Crippen LogP contribution in [0.2, 0.25) is 0 Å². The first kappa shape index (κ1) is 24.3. The largest absolute Gasteiger partial charge is 0.497 e. The van der Waals surface area contributed by atoms with Crippen molar-refractivity contribution in [3.63, 3.8) is 0 Å². The molecule has 8 heteroatoms. The van der Waals surface area contributed by atoms with Gasteiger partial charge in [0.1, 0.15) is 17.3 Å². The number of nitrogens with zero attached hydrogens (tertiary/aromatic N) is 4. The molecule has 0 saturated carbocycles. The number of rotatable bonds is 8. The van der Waals surface area contributed by atoms with Crippen LogP contribution in [0.3, 0.4) is 0 Å².